The van der Waals surface area contributed by atoms with E-state index in [0.717, 1.165) is 29.7 Å². The van der Waals surface area contributed by atoms with E-state index in [9.17, 15) is 14.7 Å². The third kappa shape index (κ3) is 6.06. The lowest BCUT2D eigenvalue weighted by Gasteiger charge is -2.32. The molecule has 198 valence electrons. The summed E-state index contributed by atoms with van der Waals surface area (Å²) in [6.45, 7) is 5.78. The molecule has 4 aromatic rings. The first kappa shape index (κ1) is 25.9. The molecule has 1 aromatic heterocycles. The Labute approximate surface area is 226 Å². The van der Waals surface area contributed by atoms with Gasteiger partial charge >= 0.3 is 0 Å². The number of carbonyl (C=O) groups is 2. The van der Waals surface area contributed by atoms with Gasteiger partial charge < -0.3 is 14.6 Å². The average Bonchev–Trinajstić information content (AvgIpc) is 3.39. The van der Waals surface area contributed by atoms with Crippen molar-refractivity contribution in [3.8, 4) is 22.9 Å². The molecule has 1 aliphatic heterocycles. The maximum Gasteiger partial charge on any atom is 0.189 e. The van der Waals surface area contributed by atoms with Gasteiger partial charge in [-0.25, -0.2) is 4.68 Å². The van der Waals surface area contributed by atoms with Crippen LogP contribution >= 0.6 is 0 Å². The van der Waals surface area contributed by atoms with Crippen molar-refractivity contribution in [2.24, 2.45) is 0 Å². The molecule has 3 aromatic carbocycles. The van der Waals surface area contributed by atoms with Gasteiger partial charge in [0, 0.05) is 11.6 Å². The quantitative estimate of drug-likeness (QED) is 0.232. The van der Waals surface area contributed by atoms with Crippen LogP contribution in [-0.4, -0.2) is 37.3 Å². The van der Waals surface area contributed by atoms with E-state index >= 15 is 0 Å². The minimum atomic E-state index is -0.288. The lowest BCUT2D eigenvalue weighted by molar-refractivity contribution is 0.0842. The Bertz CT molecular complexity index is 1550. The fraction of sp³-hybridized carbons (Fsp3) is 0.226. The number of ether oxygens (including phenoxy) is 2. The molecule has 0 atom stereocenters. The fourth-order valence-corrected chi connectivity index (χ4v) is 4.32. The van der Waals surface area contributed by atoms with Crippen LogP contribution in [0.3, 0.4) is 0 Å². The number of hydrogen-bond acceptors (Lipinski definition) is 7. The lowest BCUT2D eigenvalue weighted by Crippen LogP contribution is -2.32. The number of phenols is 1. The molecule has 0 radical (unpaired) electrons. The van der Waals surface area contributed by atoms with E-state index in [2.05, 4.69) is 10.3 Å². The summed E-state index contributed by atoms with van der Waals surface area (Å²) in [5, 5.41) is 18.7. The SMILES string of the molecule is CC(=O)c1ccc(-n2cc(COc3ccc(/C=C/C(=O)c4cc5c(cc4O)OC(C)(C)CC5)cc3)nn2)cc1. The van der Waals surface area contributed by atoms with Crippen molar-refractivity contribution in [1.82, 2.24) is 15.0 Å². The maximum absolute atomic E-state index is 12.8. The number of aryl methyl sites for hydroxylation is 1. The molecule has 8 heteroatoms. The van der Waals surface area contributed by atoms with Crippen LogP contribution in [0.5, 0.6) is 17.2 Å². The molecule has 0 amide bonds. The number of Topliss-reactive ketones (excluding diaryl/α,β-unsaturated/α-hetero) is 1. The van der Waals surface area contributed by atoms with Gasteiger partial charge in [0.1, 0.15) is 35.2 Å². The normalized spacial score (nSPS) is 14.0. The molecule has 0 unspecified atom stereocenters. The van der Waals surface area contributed by atoms with Gasteiger partial charge in [-0.05, 0) is 93.3 Å². The van der Waals surface area contributed by atoms with Gasteiger partial charge in [0.25, 0.3) is 0 Å². The van der Waals surface area contributed by atoms with Crippen molar-refractivity contribution < 1.29 is 24.2 Å². The number of hydrogen-bond donors (Lipinski definition) is 1. The van der Waals surface area contributed by atoms with E-state index in [4.69, 9.17) is 9.47 Å². The smallest absolute Gasteiger partial charge is 0.189 e. The zero-order valence-corrected chi connectivity index (χ0v) is 22.0. The summed E-state index contributed by atoms with van der Waals surface area (Å²) >= 11 is 0. The summed E-state index contributed by atoms with van der Waals surface area (Å²) in [6.07, 6.45) is 6.56. The Hall–Kier alpha value is -4.72. The third-order valence-corrected chi connectivity index (χ3v) is 6.60. The fourth-order valence-electron chi connectivity index (χ4n) is 4.32. The number of aromatic hydroxyl groups is 1. The van der Waals surface area contributed by atoms with Crippen LogP contribution < -0.4 is 9.47 Å². The number of phenolic OH excluding ortho intramolecular Hbond substituents is 1. The van der Waals surface area contributed by atoms with Gasteiger partial charge in [0.15, 0.2) is 11.6 Å². The highest BCUT2D eigenvalue weighted by atomic mass is 16.5. The Morgan fingerprint density at radius 1 is 1.10 bits per heavy atom. The number of ketones is 2. The molecule has 8 nitrogen and oxygen atoms in total. The van der Waals surface area contributed by atoms with Crippen molar-refractivity contribution >= 4 is 17.6 Å². The molecule has 0 saturated heterocycles. The monoisotopic (exact) mass is 523 g/mol. The molecule has 0 bridgehead atoms. The largest absolute Gasteiger partial charge is 0.507 e. The van der Waals surface area contributed by atoms with Crippen molar-refractivity contribution in [1.29, 1.82) is 0 Å². The molecule has 39 heavy (non-hydrogen) atoms. The van der Waals surface area contributed by atoms with Crippen LogP contribution in [0.25, 0.3) is 11.8 Å². The van der Waals surface area contributed by atoms with Crippen LogP contribution in [0.4, 0.5) is 0 Å². The summed E-state index contributed by atoms with van der Waals surface area (Å²) in [4.78, 5) is 24.2. The van der Waals surface area contributed by atoms with Crippen molar-refractivity contribution in [2.75, 3.05) is 0 Å². The van der Waals surface area contributed by atoms with Crippen LogP contribution in [0.15, 0.2) is 72.9 Å². The van der Waals surface area contributed by atoms with Gasteiger partial charge in [-0.2, -0.15) is 0 Å². The number of aromatic nitrogens is 3. The molecule has 1 N–H and O–H groups in total. The molecule has 0 spiro atoms. The predicted molar refractivity (Wildman–Crippen MR) is 147 cm³/mol. The second kappa shape index (κ2) is 10.6. The minimum Gasteiger partial charge on any atom is -0.507 e. The van der Waals surface area contributed by atoms with E-state index in [1.54, 1.807) is 35.2 Å². The van der Waals surface area contributed by atoms with Crippen LogP contribution in [-0.2, 0) is 13.0 Å². The van der Waals surface area contributed by atoms with Crippen LogP contribution in [0.1, 0.15) is 64.7 Å². The number of rotatable bonds is 8. The standard InChI is InChI=1S/C31H29N3O5/c1-20(35)22-7-9-25(10-8-22)34-18-24(32-33-34)19-38-26-11-4-21(5-12-26)6-13-28(36)27-16-23-14-15-31(2,3)39-30(23)17-29(27)37/h4-13,16-18,37H,14-15,19H2,1-3H3/b13-6+. The van der Waals surface area contributed by atoms with Crippen LogP contribution in [0, 0.1) is 0 Å². The molecular weight excluding hydrogens is 494 g/mol. The molecule has 2 heterocycles. The van der Waals surface area contributed by atoms with Gasteiger partial charge in [-0.3, -0.25) is 9.59 Å². The Kier molecular flexibility index (Phi) is 7.02. The van der Waals surface area contributed by atoms with E-state index < -0.39 is 0 Å². The Morgan fingerprint density at radius 2 is 1.85 bits per heavy atom. The zero-order valence-electron chi connectivity index (χ0n) is 22.0. The van der Waals surface area contributed by atoms with E-state index in [-0.39, 0.29) is 35.1 Å². The summed E-state index contributed by atoms with van der Waals surface area (Å²) in [5.41, 5.74) is 3.81. The molecule has 0 saturated carbocycles. The topological polar surface area (TPSA) is 104 Å². The number of nitrogens with zero attached hydrogens (tertiary/aromatic N) is 3. The van der Waals surface area contributed by atoms with Gasteiger partial charge in [-0.1, -0.05) is 23.4 Å². The maximum atomic E-state index is 12.8. The lowest BCUT2D eigenvalue weighted by atomic mass is 9.92. The second-order valence-corrected chi connectivity index (χ2v) is 10.2. The highest BCUT2D eigenvalue weighted by Crippen LogP contribution is 2.37. The summed E-state index contributed by atoms with van der Waals surface area (Å²) in [5.74, 6) is 0.921. The Balaban J connectivity index is 1.18. The number of carbonyl (C=O) groups excluding carboxylic acids is 2. The highest BCUT2D eigenvalue weighted by Gasteiger charge is 2.28. The van der Waals surface area contributed by atoms with Crippen LogP contribution in [0.2, 0.25) is 0 Å². The van der Waals surface area contributed by atoms with Gasteiger partial charge in [0.2, 0.25) is 0 Å². The number of fused-ring (bicyclic) bond motifs is 1. The Morgan fingerprint density at radius 3 is 2.56 bits per heavy atom. The third-order valence-electron chi connectivity index (χ3n) is 6.60. The first-order chi connectivity index (χ1) is 18.7. The first-order valence-corrected chi connectivity index (χ1v) is 12.7. The molecule has 0 fully saturated rings. The molecular formula is C31H29N3O5. The van der Waals surface area contributed by atoms with Crippen molar-refractivity contribution in [3.05, 3.63) is 101 Å². The van der Waals surface area contributed by atoms with Gasteiger partial charge in [-0.15, -0.1) is 5.10 Å². The molecule has 1 aliphatic rings. The van der Waals surface area contributed by atoms with E-state index in [1.807, 2.05) is 50.2 Å². The number of benzene rings is 3. The predicted octanol–water partition coefficient (Wildman–Crippen LogP) is 5.75. The first-order valence-electron chi connectivity index (χ1n) is 12.7. The minimum absolute atomic E-state index is 0.0100. The number of allylic oxidation sites excluding steroid dienone is 1. The van der Waals surface area contributed by atoms with Crippen molar-refractivity contribution in [3.63, 3.8) is 0 Å². The highest BCUT2D eigenvalue weighted by molar-refractivity contribution is 6.08. The summed E-state index contributed by atoms with van der Waals surface area (Å²) < 4.78 is 13.4. The zero-order chi connectivity index (χ0) is 27.6. The summed E-state index contributed by atoms with van der Waals surface area (Å²) in [7, 11) is 0. The summed E-state index contributed by atoms with van der Waals surface area (Å²) in [6, 6.07) is 17.7. The second-order valence-electron chi connectivity index (χ2n) is 10.2. The average molecular weight is 524 g/mol. The molecule has 5 rings (SSSR count). The molecule has 0 aliphatic carbocycles. The van der Waals surface area contributed by atoms with E-state index in [0.29, 0.717) is 22.8 Å². The van der Waals surface area contributed by atoms with E-state index in [1.165, 1.54) is 19.1 Å². The van der Waals surface area contributed by atoms with Gasteiger partial charge in [0.05, 0.1) is 17.4 Å². The van der Waals surface area contributed by atoms with Crippen molar-refractivity contribution in [2.45, 2.75) is 45.8 Å².